The number of fused-ring (bicyclic) bond motifs is 2. The molecule has 2 N–H and O–H groups in total. The number of amides is 1. The lowest BCUT2D eigenvalue weighted by Crippen LogP contribution is -2.31. The van der Waals surface area contributed by atoms with Crippen molar-refractivity contribution in [2.24, 2.45) is 0 Å². The number of rotatable bonds is 3. The third kappa shape index (κ3) is 2.83. The van der Waals surface area contributed by atoms with Gasteiger partial charge in [0, 0.05) is 23.3 Å². The molecule has 0 saturated heterocycles. The van der Waals surface area contributed by atoms with Gasteiger partial charge in [0.25, 0.3) is 11.5 Å². The van der Waals surface area contributed by atoms with Crippen molar-refractivity contribution >= 4 is 27.6 Å². The van der Waals surface area contributed by atoms with Gasteiger partial charge >= 0.3 is 0 Å². The number of halogens is 2. The van der Waals surface area contributed by atoms with Gasteiger partial charge in [-0.15, -0.1) is 0 Å². The summed E-state index contributed by atoms with van der Waals surface area (Å²) in [6, 6.07) is 10.4. The van der Waals surface area contributed by atoms with Gasteiger partial charge in [-0.25, -0.2) is 13.9 Å². The molecule has 0 aliphatic carbocycles. The first-order chi connectivity index (χ1) is 13.4. The van der Waals surface area contributed by atoms with Crippen LogP contribution in [0.1, 0.15) is 29.1 Å². The average Bonchev–Trinajstić information content (AvgIpc) is 3.12. The summed E-state index contributed by atoms with van der Waals surface area (Å²) < 4.78 is 27.3. The summed E-state index contributed by atoms with van der Waals surface area (Å²) in [7, 11) is 1.58. The SMILES string of the molecule is CC(c1n[nH]c(=O)c2cc(F)c(F)cc12)N(C)C(=O)c1cc2ccccc2[nH]1. The highest BCUT2D eigenvalue weighted by molar-refractivity contribution is 5.98. The van der Waals surface area contributed by atoms with Crippen molar-refractivity contribution in [2.45, 2.75) is 13.0 Å². The fraction of sp³-hybridized carbons (Fsp3) is 0.150. The molecule has 1 amide bonds. The fourth-order valence-corrected chi connectivity index (χ4v) is 3.23. The second kappa shape index (κ2) is 6.56. The third-order valence-corrected chi connectivity index (χ3v) is 4.92. The van der Waals surface area contributed by atoms with Crippen molar-refractivity contribution in [3.63, 3.8) is 0 Å². The number of para-hydroxylation sites is 1. The van der Waals surface area contributed by atoms with Crippen LogP contribution in [-0.2, 0) is 0 Å². The summed E-state index contributed by atoms with van der Waals surface area (Å²) in [4.78, 5) is 29.4. The molecule has 4 rings (SSSR count). The lowest BCUT2D eigenvalue weighted by molar-refractivity contribution is 0.0735. The number of nitrogens with one attached hydrogen (secondary N) is 2. The Bertz CT molecular complexity index is 1250. The largest absolute Gasteiger partial charge is 0.351 e. The van der Waals surface area contributed by atoms with E-state index in [2.05, 4.69) is 15.2 Å². The quantitative estimate of drug-likeness (QED) is 0.569. The van der Waals surface area contributed by atoms with Crippen LogP contribution in [0.5, 0.6) is 0 Å². The second-order valence-electron chi connectivity index (χ2n) is 6.61. The Morgan fingerprint density at radius 2 is 1.79 bits per heavy atom. The molecule has 1 atom stereocenters. The Labute approximate surface area is 157 Å². The maximum Gasteiger partial charge on any atom is 0.272 e. The predicted molar refractivity (Wildman–Crippen MR) is 101 cm³/mol. The molecule has 6 nitrogen and oxygen atoms in total. The molecule has 142 valence electrons. The lowest BCUT2D eigenvalue weighted by Gasteiger charge is -2.24. The van der Waals surface area contributed by atoms with Gasteiger partial charge in [0.15, 0.2) is 11.6 Å². The first-order valence-corrected chi connectivity index (χ1v) is 8.59. The molecule has 2 aromatic heterocycles. The highest BCUT2D eigenvalue weighted by Gasteiger charge is 2.24. The Hall–Kier alpha value is -3.55. The highest BCUT2D eigenvalue weighted by atomic mass is 19.2. The van der Waals surface area contributed by atoms with Crippen LogP contribution < -0.4 is 5.56 Å². The van der Waals surface area contributed by atoms with E-state index in [9.17, 15) is 18.4 Å². The van der Waals surface area contributed by atoms with Gasteiger partial charge in [-0.05, 0) is 31.2 Å². The van der Waals surface area contributed by atoms with Gasteiger partial charge < -0.3 is 9.88 Å². The predicted octanol–water partition coefficient (Wildman–Crippen LogP) is 3.52. The first-order valence-electron chi connectivity index (χ1n) is 8.59. The molecule has 2 aromatic carbocycles. The minimum Gasteiger partial charge on any atom is -0.351 e. The fourth-order valence-electron chi connectivity index (χ4n) is 3.23. The summed E-state index contributed by atoms with van der Waals surface area (Å²) in [6.07, 6.45) is 0. The standard InChI is InChI=1S/C20H16F2N4O2/c1-10(18-12-8-14(21)15(22)9-13(12)19(27)25-24-18)26(2)20(28)17-7-11-5-3-4-6-16(11)23-17/h3-10,23H,1-2H3,(H,25,27). The van der Waals surface area contributed by atoms with Crippen LogP contribution in [0.2, 0.25) is 0 Å². The Morgan fingerprint density at radius 1 is 1.11 bits per heavy atom. The van der Waals surface area contributed by atoms with Gasteiger partial charge in [0.1, 0.15) is 5.69 Å². The first kappa shape index (κ1) is 17.8. The van der Waals surface area contributed by atoms with Crippen LogP contribution in [-0.4, -0.2) is 33.0 Å². The van der Waals surface area contributed by atoms with E-state index in [1.807, 2.05) is 24.3 Å². The molecule has 0 spiro atoms. The van der Waals surface area contributed by atoms with Crippen molar-refractivity contribution in [1.29, 1.82) is 0 Å². The lowest BCUT2D eigenvalue weighted by atomic mass is 10.1. The Kier molecular flexibility index (Phi) is 4.18. The van der Waals surface area contributed by atoms with E-state index in [4.69, 9.17) is 0 Å². The van der Waals surface area contributed by atoms with Crippen molar-refractivity contribution in [3.8, 4) is 0 Å². The number of hydrogen-bond acceptors (Lipinski definition) is 3. The molecular formula is C20H16F2N4O2. The van der Waals surface area contributed by atoms with Gasteiger partial charge in [-0.3, -0.25) is 9.59 Å². The van der Waals surface area contributed by atoms with Crippen molar-refractivity contribution < 1.29 is 13.6 Å². The molecule has 1 unspecified atom stereocenters. The molecule has 0 saturated carbocycles. The van der Waals surface area contributed by atoms with Crippen LogP contribution in [0.15, 0.2) is 47.3 Å². The number of aromatic amines is 2. The molecule has 2 heterocycles. The van der Waals surface area contributed by atoms with E-state index in [0.717, 1.165) is 23.0 Å². The normalized spacial score (nSPS) is 12.4. The van der Waals surface area contributed by atoms with E-state index in [-0.39, 0.29) is 22.4 Å². The highest BCUT2D eigenvalue weighted by Crippen LogP contribution is 2.26. The zero-order chi connectivity index (χ0) is 20.0. The van der Waals surface area contributed by atoms with Crippen LogP contribution in [0.25, 0.3) is 21.7 Å². The molecule has 8 heteroatoms. The number of aromatic nitrogens is 3. The topological polar surface area (TPSA) is 81.8 Å². The number of carbonyl (C=O) groups excluding carboxylic acids is 1. The molecular weight excluding hydrogens is 366 g/mol. The monoisotopic (exact) mass is 382 g/mol. The molecule has 4 aromatic rings. The summed E-state index contributed by atoms with van der Waals surface area (Å²) in [6.45, 7) is 1.70. The second-order valence-corrected chi connectivity index (χ2v) is 6.61. The summed E-state index contributed by atoms with van der Waals surface area (Å²) in [5.41, 5.74) is 0.855. The zero-order valence-corrected chi connectivity index (χ0v) is 15.1. The van der Waals surface area contributed by atoms with Crippen LogP contribution in [0.3, 0.4) is 0 Å². The number of hydrogen-bond donors (Lipinski definition) is 2. The Morgan fingerprint density at radius 3 is 2.50 bits per heavy atom. The summed E-state index contributed by atoms with van der Waals surface area (Å²) in [5, 5.41) is 7.30. The van der Waals surface area contributed by atoms with Crippen molar-refractivity contribution in [3.05, 3.63) is 75.8 Å². The number of H-pyrrole nitrogens is 2. The van der Waals surface area contributed by atoms with Gasteiger partial charge in [0.2, 0.25) is 0 Å². The van der Waals surface area contributed by atoms with Crippen LogP contribution in [0, 0.1) is 11.6 Å². The summed E-state index contributed by atoms with van der Waals surface area (Å²) >= 11 is 0. The molecule has 0 fully saturated rings. The van der Waals surface area contributed by atoms with Crippen LogP contribution in [0.4, 0.5) is 8.78 Å². The number of benzene rings is 2. The van der Waals surface area contributed by atoms with Crippen molar-refractivity contribution in [1.82, 2.24) is 20.1 Å². The van der Waals surface area contributed by atoms with Crippen LogP contribution >= 0.6 is 0 Å². The average molecular weight is 382 g/mol. The maximum absolute atomic E-state index is 13.8. The molecule has 0 bridgehead atoms. The minimum absolute atomic E-state index is 0.0257. The van der Waals surface area contributed by atoms with Gasteiger partial charge in [-0.2, -0.15) is 5.10 Å². The molecule has 0 radical (unpaired) electrons. The van der Waals surface area contributed by atoms with Crippen molar-refractivity contribution in [2.75, 3.05) is 7.05 Å². The maximum atomic E-state index is 13.8. The Balaban J connectivity index is 1.75. The number of carbonyl (C=O) groups is 1. The molecule has 0 aliphatic heterocycles. The third-order valence-electron chi connectivity index (χ3n) is 4.92. The van der Waals surface area contributed by atoms with E-state index in [1.54, 1.807) is 20.0 Å². The van der Waals surface area contributed by atoms with E-state index < -0.39 is 23.2 Å². The smallest absolute Gasteiger partial charge is 0.272 e. The van der Waals surface area contributed by atoms with Gasteiger partial charge in [-0.1, -0.05) is 18.2 Å². The van der Waals surface area contributed by atoms with E-state index >= 15 is 0 Å². The molecule has 0 aliphatic rings. The van der Waals surface area contributed by atoms with Gasteiger partial charge in [0.05, 0.1) is 17.1 Å². The zero-order valence-electron chi connectivity index (χ0n) is 15.1. The molecule has 28 heavy (non-hydrogen) atoms. The number of nitrogens with zero attached hydrogens (tertiary/aromatic N) is 2. The minimum atomic E-state index is -1.12. The van der Waals surface area contributed by atoms with E-state index in [0.29, 0.717) is 5.69 Å². The van der Waals surface area contributed by atoms with E-state index in [1.165, 1.54) is 4.90 Å². The summed E-state index contributed by atoms with van der Waals surface area (Å²) in [5.74, 6) is -2.50.